The van der Waals surface area contributed by atoms with Gasteiger partial charge in [-0.05, 0) is 47.1 Å². The van der Waals surface area contributed by atoms with Crippen molar-refractivity contribution in [3.63, 3.8) is 0 Å². The molecule has 0 fully saturated rings. The molecular weight excluding hydrogens is 351 g/mol. The van der Waals surface area contributed by atoms with Gasteiger partial charge in [-0.2, -0.15) is 0 Å². The summed E-state index contributed by atoms with van der Waals surface area (Å²) in [6.45, 7) is 1.81. The molecule has 1 N–H and O–H groups in total. The number of hydrogen-bond donors (Lipinski definition) is 1. The first-order valence-electron chi connectivity index (χ1n) is 5.36. The van der Waals surface area contributed by atoms with Gasteiger partial charge in [0, 0.05) is 21.4 Å². The lowest BCUT2D eigenvalue weighted by Gasteiger charge is -2.09. The molecule has 1 aromatic carbocycles. The van der Waals surface area contributed by atoms with E-state index in [1.165, 1.54) is 6.20 Å². The maximum Gasteiger partial charge on any atom is 0.258 e. The van der Waals surface area contributed by atoms with Gasteiger partial charge in [-0.3, -0.25) is 9.78 Å². The summed E-state index contributed by atoms with van der Waals surface area (Å²) in [7, 11) is 0. The van der Waals surface area contributed by atoms with Gasteiger partial charge in [-0.15, -0.1) is 0 Å². The van der Waals surface area contributed by atoms with E-state index in [9.17, 15) is 4.79 Å². The highest BCUT2D eigenvalue weighted by Gasteiger charge is 2.13. The Balaban J connectivity index is 2.28. The van der Waals surface area contributed by atoms with Gasteiger partial charge in [0.1, 0.15) is 0 Å². The number of aromatic nitrogens is 1. The summed E-state index contributed by atoms with van der Waals surface area (Å²) in [4.78, 5) is 16.2. The number of benzene rings is 1. The standard InChI is InChI=1S/C13H9BrCl2N2O/c1-7-4-11(16)9(6-17-7)13(19)18-12-5-8(15)2-3-10(12)14/h2-6H,1H3,(H,18,19). The molecule has 0 aliphatic rings. The van der Waals surface area contributed by atoms with Crippen LogP contribution in [0.5, 0.6) is 0 Å². The lowest BCUT2D eigenvalue weighted by molar-refractivity contribution is 0.102. The summed E-state index contributed by atoms with van der Waals surface area (Å²) in [5.41, 5.74) is 1.65. The van der Waals surface area contributed by atoms with Crippen LogP contribution in [0.15, 0.2) is 34.9 Å². The molecule has 1 amide bonds. The highest BCUT2D eigenvalue weighted by atomic mass is 79.9. The Morgan fingerprint density at radius 2 is 2.05 bits per heavy atom. The first kappa shape index (κ1) is 14.3. The number of halogens is 3. The van der Waals surface area contributed by atoms with Crippen LogP contribution in [-0.2, 0) is 0 Å². The Morgan fingerprint density at radius 1 is 1.32 bits per heavy atom. The van der Waals surface area contributed by atoms with Gasteiger partial charge < -0.3 is 5.32 Å². The van der Waals surface area contributed by atoms with E-state index in [0.717, 1.165) is 10.2 Å². The molecule has 19 heavy (non-hydrogen) atoms. The van der Waals surface area contributed by atoms with Crippen LogP contribution in [0.4, 0.5) is 5.69 Å². The van der Waals surface area contributed by atoms with E-state index in [1.54, 1.807) is 31.2 Å². The number of anilines is 1. The second kappa shape index (κ2) is 5.90. The van der Waals surface area contributed by atoms with Crippen LogP contribution in [0.3, 0.4) is 0 Å². The van der Waals surface area contributed by atoms with Gasteiger partial charge in [-0.1, -0.05) is 23.2 Å². The summed E-state index contributed by atoms with van der Waals surface area (Å²) in [6.07, 6.45) is 1.45. The number of rotatable bonds is 2. The number of carbonyl (C=O) groups is 1. The minimum absolute atomic E-state index is 0.319. The van der Waals surface area contributed by atoms with E-state index in [1.807, 2.05) is 0 Å². The molecule has 0 aliphatic heterocycles. The first-order chi connectivity index (χ1) is 8.97. The molecule has 0 unspecified atom stereocenters. The van der Waals surface area contributed by atoms with Crippen LogP contribution in [0, 0.1) is 6.92 Å². The highest BCUT2D eigenvalue weighted by molar-refractivity contribution is 9.10. The van der Waals surface area contributed by atoms with Crippen molar-refractivity contribution in [2.45, 2.75) is 6.92 Å². The lowest BCUT2D eigenvalue weighted by atomic mass is 10.2. The molecule has 0 saturated heterocycles. The number of carbonyl (C=O) groups excluding carboxylic acids is 1. The van der Waals surface area contributed by atoms with Crippen LogP contribution in [0.1, 0.15) is 16.1 Å². The minimum atomic E-state index is -0.333. The summed E-state index contributed by atoms with van der Waals surface area (Å²) < 4.78 is 0.737. The molecule has 0 atom stereocenters. The molecular formula is C13H9BrCl2N2O. The number of amides is 1. The van der Waals surface area contributed by atoms with E-state index < -0.39 is 0 Å². The Hall–Kier alpha value is -1.10. The molecule has 98 valence electrons. The third-order valence-corrected chi connectivity index (χ3v) is 3.65. The summed E-state index contributed by atoms with van der Waals surface area (Å²) >= 11 is 15.3. The average molecular weight is 360 g/mol. The molecule has 3 nitrogen and oxygen atoms in total. The minimum Gasteiger partial charge on any atom is -0.321 e. The Bertz CT molecular complexity index is 647. The normalized spacial score (nSPS) is 10.3. The molecule has 1 heterocycles. The Morgan fingerprint density at radius 3 is 2.74 bits per heavy atom. The zero-order valence-corrected chi connectivity index (χ0v) is 13.0. The fraction of sp³-hybridized carbons (Fsp3) is 0.0769. The zero-order valence-electron chi connectivity index (χ0n) is 9.88. The van der Waals surface area contributed by atoms with Gasteiger partial charge in [0.2, 0.25) is 0 Å². The smallest absolute Gasteiger partial charge is 0.258 e. The van der Waals surface area contributed by atoms with Crippen LogP contribution >= 0.6 is 39.1 Å². The predicted molar refractivity (Wildman–Crippen MR) is 81.1 cm³/mol. The van der Waals surface area contributed by atoms with Gasteiger partial charge in [0.15, 0.2) is 0 Å². The van der Waals surface area contributed by atoms with E-state index in [2.05, 4.69) is 26.2 Å². The van der Waals surface area contributed by atoms with Gasteiger partial charge in [-0.25, -0.2) is 0 Å². The average Bonchev–Trinajstić information content (AvgIpc) is 2.33. The molecule has 1 aromatic heterocycles. The molecule has 2 aromatic rings. The number of pyridine rings is 1. The first-order valence-corrected chi connectivity index (χ1v) is 6.91. The summed E-state index contributed by atoms with van der Waals surface area (Å²) in [5.74, 6) is -0.333. The maximum atomic E-state index is 12.1. The number of nitrogens with zero attached hydrogens (tertiary/aromatic N) is 1. The molecule has 0 bridgehead atoms. The molecule has 0 radical (unpaired) electrons. The van der Waals surface area contributed by atoms with Crippen molar-refractivity contribution in [3.05, 3.63) is 56.2 Å². The number of aryl methyl sites for hydroxylation is 1. The molecule has 6 heteroatoms. The van der Waals surface area contributed by atoms with Gasteiger partial charge in [0.25, 0.3) is 5.91 Å². The highest BCUT2D eigenvalue weighted by Crippen LogP contribution is 2.27. The van der Waals surface area contributed by atoms with Crippen LogP contribution < -0.4 is 5.32 Å². The SMILES string of the molecule is Cc1cc(Cl)c(C(=O)Nc2cc(Cl)ccc2Br)cn1. The van der Waals surface area contributed by atoms with Crippen molar-refractivity contribution in [2.24, 2.45) is 0 Å². The van der Waals surface area contributed by atoms with E-state index in [0.29, 0.717) is 21.3 Å². The Kier molecular flexibility index (Phi) is 4.45. The lowest BCUT2D eigenvalue weighted by Crippen LogP contribution is -2.13. The van der Waals surface area contributed by atoms with E-state index in [4.69, 9.17) is 23.2 Å². The molecule has 2 rings (SSSR count). The maximum absolute atomic E-state index is 12.1. The second-order valence-electron chi connectivity index (χ2n) is 3.88. The molecule has 0 spiro atoms. The van der Waals surface area contributed by atoms with Crippen LogP contribution in [0.2, 0.25) is 10.0 Å². The predicted octanol–water partition coefficient (Wildman–Crippen LogP) is 4.71. The summed E-state index contributed by atoms with van der Waals surface area (Å²) in [6, 6.07) is 6.77. The molecule has 0 saturated carbocycles. The number of hydrogen-bond acceptors (Lipinski definition) is 2. The molecule has 0 aliphatic carbocycles. The Labute approximate surface area is 129 Å². The quantitative estimate of drug-likeness (QED) is 0.843. The van der Waals surface area contributed by atoms with Gasteiger partial charge in [0.05, 0.1) is 16.3 Å². The van der Waals surface area contributed by atoms with E-state index >= 15 is 0 Å². The van der Waals surface area contributed by atoms with Crippen LogP contribution in [-0.4, -0.2) is 10.9 Å². The van der Waals surface area contributed by atoms with Crippen molar-refractivity contribution in [1.29, 1.82) is 0 Å². The fourth-order valence-corrected chi connectivity index (χ4v) is 2.29. The van der Waals surface area contributed by atoms with Crippen molar-refractivity contribution in [1.82, 2.24) is 4.98 Å². The largest absolute Gasteiger partial charge is 0.321 e. The van der Waals surface area contributed by atoms with Crippen molar-refractivity contribution in [3.8, 4) is 0 Å². The number of nitrogens with one attached hydrogen (secondary N) is 1. The summed E-state index contributed by atoms with van der Waals surface area (Å²) in [5, 5.41) is 3.63. The van der Waals surface area contributed by atoms with Gasteiger partial charge >= 0.3 is 0 Å². The topological polar surface area (TPSA) is 42.0 Å². The van der Waals surface area contributed by atoms with Crippen molar-refractivity contribution < 1.29 is 4.79 Å². The fourth-order valence-electron chi connectivity index (χ4n) is 1.48. The monoisotopic (exact) mass is 358 g/mol. The van der Waals surface area contributed by atoms with Crippen molar-refractivity contribution in [2.75, 3.05) is 5.32 Å². The third kappa shape index (κ3) is 3.47. The second-order valence-corrected chi connectivity index (χ2v) is 5.58. The third-order valence-electron chi connectivity index (χ3n) is 2.41. The van der Waals surface area contributed by atoms with Crippen LogP contribution in [0.25, 0.3) is 0 Å². The van der Waals surface area contributed by atoms with Crippen molar-refractivity contribution >= 4 is 50.7 Å². The van der Waals surface area contributed by atoms with E-state index in [-0.39, 0.29) is 5.91 Å². The zero-order chi connectivity index (χ0) is 14.0.